The van der Waals surface area contributed by atoms with E-state index >= 15 is 0 Å². The molecular weight excluding hydrogens is 262 g/mol. The molecule has 2 N–H and O–H groups in total. The molecule has 1 aromatic heterocycles. The highest BCUT2D eigenvalue weighted by Gasteiger charge is 2.13. The highest BCUT2D eigenvalue weighted by molar-refractivity contribution is 5.79. The first-order chi connectivity index (χ1) is 10.4. The quantitative estimate of drug-likeness (QED) is 0.439. The highest BCUT2D eigenvalue weighted by Crippen LogP contribution is 2.28. The van der Waals surface area contributed by atoms with Crippen molar-refractivity contribution in [2.75, 3.05) is 19.6 Å². The van der Waals surface area contributed by atoms with Crippen molar-refractivity contribution in [1.29, 1.82) is 0 Å². The third-order valence-corrected chi connectivity index (χ3v) is 4.05. The molecule has 0 amide bonds. The van der Waals surface area contributed by atoms with Gasteiger partial charge >= 0.3 is 0 Å². The molecule has 0 bridgehead atoms. The van der Waals surface area contributed by atoms with Crippen molar-refractivity contribution < 1.29 is 0 Å². The summed E-state index contributed by atoms with van der Waals surface area (Å²) >= 11 is 0. The maximum Gasteiger partial charge on any atom is 0.191 e. The molecule has 1 aliphatic rings. The summed E-state index contributed by atoms with van der Waals surface area (Å²) < 4.78 is 1.93. The van der Waals surface area contributed by atoms with Crippen molar-refractivity contribution >= 4 is 5.96 Å². The Morgan fingerprint density at radius 1 is 1.33 bits per heavy atom. The Hall–Kier alpha value is -1.52. The third kappa shape index (κ3) is 6.19. The second kappa shape index (κ2) is 9.42. The number of aliphatic imine (C=N–C) groups is 1. The van der Waals surface area contributed by atoms with Crippen LogP contribution in [-0.4, -0.2) is 35.4 Å². The zero-order valence-electron chi connectivity index (χ0n) is 13.2. The first-order valence-electron chi connectivity index (χ1n) is 8.38. The Morgan fingerprint density at radius 2 is 2.19 bits per heavy atom. The summed E-state index contributed by atoms with van der Waals surface area (Å²) in [6, 6.07) is 1.95. The van der Waals surface area contributed by atoms with Gasteiger partial charge in [0.2, 0.25) is 0 Å². The minimum atomic E-state index is 0.843. The maximum atomic E-state index is 4.66. The summed E-state index contributed by atoms with van der Waals surface area (Å²) in [4.78, 5) is 4.66. The molecule has 1 aliphatic carbocycles. The molecule has 21 heavy (non-hydrogen) atoms. The summed E-state index contributed by atoms with van der Waals surface area (Å²) in [5.74, 6) is 1.90. The molecule has 0 spiro atoms. The van der Waals surface area contributed by atoms with Crippen molar-refractivity contribution in [2.24, 2.45) is 10.9 Å². The molecule has 0 saturated heterocycles. The largest absolute Gasteiger partial charge is 0.357 e. The van der Waals surface area contributed by atoms with Gasteiger partial charge in [0.1, 0.15) is 0 Å². The first-order valence-corrected chi connectivity index (χ1v) is 8.38. The average molecular weight is 291 g/mol. The summed E-state index contributed by atoms with van der Waals surface area (Å²) in [6.45, 7) is 5.63. The number of nitrogens with zero attached hydrogens (tertiary/aromatic N) is 3. The van der Waals surface area contributed by atoms with Gasteiger partial charge in [-0.3, -0.25) is 9.67 Å². The predicted molar refractivity (Wildman–Crippen MR) is 87.4 cm³/mol. The van der Waals surface area contributed by atoms with E-state index in [1.165, 1.54) is 38.5 Å². The van der Waals surface area contributed by atoms with Gasteiger partial charge in [0, 0.05) is 32.0 Å². The van der Waals surface area contributed by atoms with E-state index in [-0.39, 0.29) is 0 Å². The summed E-state index contributed by atoms with van der Waals surface area (Å²) in [5, 5.41) is 10.9. The molecule has 0 aromatic carbocycles. The van der Waals surface area contributed by atoms with Crippen molar-refractivity contribution in [3.8, 4) is 0 Å². The molecule has 1 saturated carbocycles. The number of aromatic nitrogens is 2. The van der Waals surface area contributed by atoms with Gasteiger partial charge in [0.25, 0.3) is 0 Å². The first kappa shape index (κ1) is 15.9. The van der Waals surface area contributed by atoms with Crippen LogP contribution in [0.3, 0.4) is 0 Å². The molecule has 5 heteroatoms. The van der Waals surface area contributed by atoms with Crippen LogP contribution in [0.5, 0.6) is 0 Å². The van der Waals surface area contributed by atoms with Crippen LogP contribution in [0.2, 0.25) is 0 Å². The van der Waals surface area contributed by atoms with E-state index in [1.807, 2.05) is 23.1 Å². The van der Waals surface area contributed by atoms with E-state index in [0.29, 0.717) is 0 Å². The van der Waals surface area contributed by atoms with Crippen molar-refractivity contribution in [3.63, 3.8) is 0 Å². The number of nitrogens with one attached hydrogen (secondary N) is 2. The van der Waals surface area contributed by atoms with Gasteiger partial charge in [-0.05, 0) is 31.7 Å². The molecule has 5 nitrogen and oxygen atoms in total. The fourth-order valence-electron chi connectivity index (χ4n) is 2.93. The summed E-state index contributed by atoms with van der Waals surface area (Å²) in [5.41, 5.74) is 0. The van der Waals surface area contributed by atoms with Gasteiger partial charge in [-0.2, -0.15) is 5.10 Å². The van der Waals surface area contributed by atoms with E-state index in [2.05, 4.69) is 27.6 Å². The monoisotopic (exact) mass is 291 g/mol. The SMILES string of the molecule is CCNC(=NCCCC1CCCC1)NCCn1cccn1. The Labute approximate surface area is 128 Å². The second-order valence-corrected chi connectivity index (χ2v) is 5.75. The van der Waals surface area contributed by atoms with Gasteiger partial charge in [0.05, 0.1) is 6.54 Å². The van der Waals surface area contributed by atoms with Crippen LogP contribution in [0.1, 0.15) is 45.4 Å². The van der Waals surface area contributed by atoms with Crippen LogP contribution < -0.4 is 10.6 Å². The fraction of sp³-hybridized carbons (Fsp3) is 0.750. The molecule has 0 radical (unpaired) electrons. The van der Waals surface area contributed by atoms with Crippen molar-refractivity contribution in [1.82, 2.24) is 20.4 Å². The molecule has 1 fully saturated rings. The Balaban J connectivity index is 1.63. The lowest BCUT2D eigenvalue weighted by Gasteiger charge is -2.12. The van der Waals surface area contributed by atoms with E-state index in [9.17, 15) is 0 Å². The molecule has 0 aliphatic heterocycles. The average Bonchev–Trinajstić information content (AvgIpc) is 3.17. The van der Waals surface area contributed by atoms with Gasteiger partial charge < -0.3 is 10.6 Å². The van der Waals surface area contributed by atoms with Crippen LogP contribution in [0.15, 0.2) is 23.5 Å². The van der Waals surface area contributed by atoms with Gasteiger partial charge in [-0.15, -0.1) is 0 Å². The zero-order chi connectivity index (χ0) is 14.8. The standard InChI is InChI=1S/C16H29N5/c1-2-17-16(19-12-14-21-13-6-11-20-21)18-10-5-9-15-7-3-4-8-15/h6,11,13,15H,2-5,7-10,12,14H2,1H3,(H2,17,18,19). The highest BCUT2D eigenvalue weighted by atomic mass is 15.3. The molecule has 0 unspecified atom stereocenters. The van der Waals surface area contributed by atoms with E-state index < -0.39 is 0 Å². The van der Waals surface area contributed by atoms with Crippen LogP contribution in [0.25, 0.3) is 0 Å². The second-order valence-electron chi connectivity index (χ2n) is 5.75. The minimum Gasteiger partial charge on any atom is -0.357 e. The van der Waals surface area contributed by atoms with Crippen molar-refractivity contribution in [2.45, 2.75) is 52.0 Å². The van der Waals surface area contributed by atoms with Crippen LogP contribution in [0, 0.1) is 5.92 Å². The molecule has 1 heterocycles. The van der Waals surface area contributed by atoms with Crippen molar-refractivity contribution in [3.05, 3.63) is 18.5 Å². The van der Waals surface area contributed by atoms with Crippen LogP contribution in [-0.2, 0) is 6.54 Å². The molecule has 2 rings (SSSR count). The minimum absolute atomic E-state index is 0.843. The molecule has 118 valence electrons. The van der Waals surface area contributed by atoms with Crippen LogP contribution >= 0.6 is 0 Å². The zero-order valence-corrected chi connectivity index (χ0v) is 13.2. The smallest absolute Gasteiger partial charge is 0.191 e. The lowest BCUT2D eigenvalue weighted by Crippen LogP contribution is -2.39. The predicted octanol–water partition coefficient (Wildman–Crippen LogP) is 2.41. The fourth-order valence-corrected chi connectivity index (χ4v) is 2.93. The number of hydrogen-bond donors (Lipinski definition) is 2. The molecular formula is C16H29N5. The maximum absolute atomic E-state index is 4.66. The number of rotatable bonds is 8. The van der Waals surface area contributed by atoms with E-state index in [1.54, 1.807) is 0 Å². The van der Waals surface area contributed by atoms with Crippen LogP contribution in [0.4, 0.5) is 0 Å². The normalized spacial score (nSPS) is 16.3. The van der Waals surface area contributed by atoms with E-state index in [4.69, 9.17) is 0 Å². The van der Waals surface area contributed by atoms with Gasteiger partial charge in [0.15, 0.2) is 5.96 Å². The summed E-state index contributed by atoms with van der Waals surface area (Å²) in [7, 11) is 0. The van der Waals surface area contributed by atoms with Gasteiger partial charge in [-0.25, -0.2) is 0 Å². The third-order valence-electron chi connectivity index (χ3n) is 4.05. The lowest BCUT2D eigenvalue weighted by atomic mass is 10.0. The number of guanidine groups is 1. The lowest BCUT2D eigenvalue weighted by molar-refractivity contribution is 0.487. The molecule has 0 atom stereocenters. The molecule has 1 aromatic rings. The Kier molecular flexibility index (Phi) is 7.12. The van der Waals surface area contributed by atoms with Gasteiger partial charge in [-0.1, -0.05) is 25.7 Å². The summed E-state index contributed by atoms with van der Waals surface area (Å²) in [6.07, 6.45) is 12.1. The topological polar surface area (TPSA) is 54.2 Å². The number of hydrogen-bond acceptors (Lipinski definition) is 2. The van der Waals surface area contributed by atoms with E-state index in [0.717, 1.165) is 38.1 Å². The Morgan fingerprint density at radius 3 is 2.90 bits per heavy atom. The Bertz CT molecular complexity index is 393.